The number of hydrogen-bond donors (Lipinski definition) is 1. The maximum Gasteiger partial charge on any atom is 0.135 e. The predicted molar refractivity (Wildman–Crippen MR) is 73.6 cm³/mol. The van der Waals surface area contributed by atoms with Crippen LogP contribution in [0.2, 0.25) is 0 Å². The first-order valence-electron chi connectivity index (χ1n) is 6.45. The van der Waals surface area contributed by atoms with Gasteiger partial charge in [0.2, 0.25) is 0 Å². The Bertz CT molecular complexity index is 812. The summed E-state index contributed by atoms with van der Waals surface area (Å²) in [4.78, 5) is 8.68. The lowest BCUT2D eigenvalue weighted by Gasteiger charge is -2.08. The van der Waals surface area contributed by atoms with Crippen LogP contribution in [0.4, 0.5) is 5.69 Å². The number of fused-ring (bicyclic) bond motifs is 1. The Kier molecular flexibility index (Phi) is 2.77. The molecule has 2 heterocycles. The van der Waals surface area contributed by atoms with Gasteiger partial charge in [0, 0.05) is 6.20 Å². The molecule has 2 aromatic heterocycles. The maximum absolute atomic E-state index is 9.60. The monoisotopic (exact) mass is 252 g/mol. The normalized spacial score (nSPS) is 12.7. The van der Waals surface area contributed by atoms with Crippen LogP contribution in [0, 0.1) is 0 Å². The van der Waals surface area contributed by atoms with Crippen molar-refractivity contribution in [2.45, 2.75) is 6.73 Å². The second-order valence-corrected chi connectivity index (χ2v) is 4.05. The summed E-state index contributed by atoms with van der Waals surface area (Å²) >= 11 is 0. The highest BCUT2D eigenvalue weighted by Crippen LogP contribution is 2.10. The van der Waals surface area contributed by atoms with E-state index in [2.05, 4.69) is 9.98 Å². The van der Waals surface area contributed by atoms with Crippen LogP contribution < -0.4 is 5.49 Å². The molecule has 0 saturated heterocycles. The third-order valence-electron chi connectivity index (χ3n) is 2.86. The van der Waals surface area contributed by atoms with Crippen molar-refractivity contribution in [3.63, 3.8) is 0 Å². The Morgan fingerprint density at radius 1 is 1.16 bits per heavy atom. The summed E-state index contributed by atoms with van der Waals surface area (Å²) in [5, 5.41) is 9.60. The van der Waals surface area contributed by atoms with Gasteiger partial charge in [0.1, 0.15) is 12.2 Å². The molecule has 0 aliphatic heterocycles. The highest BCUT2D eigenvalue weighted by Gasteiger charge is 2.00. The van der Waals surface area contributed by atoms with Gasteiger partial charge in [0.15, 0.2) is 0 Å². The summed E-state index contributed by atoms with van der Waals surface area (Å²) in [5.74, 6) is 0. The van der Waals surface area contributed by atoms with E-state index in [0.717, 1.165) is 11.2 Å². The Morgan fingerprint density at radius 3 is 2.79 bits per heavy atom. The van der Waals surface area contributed by atoms with Crippen LogP contribution in [-0.4, -0.2) is 14.7 Å². The van der Waals surface area contributed by atoms with Crippen LogP contribution in [0.3, 0.4) is 0 Å². The van der Waals surface area contributed by atoms with Gasteiger partial charge >= 0.3 is 0 Å². The summed E-state index contributed by atoms with van der Waals surface area (Å²) in [6.45, 7) is -0.214. The minimum Gasteiger partial charge on any atom is -0.376 e. The number of aromatic nitrogens is 2. The number of rotatable bonds is 2. The number of aliphatic hydroxyl groups excluding tert-OH is 1. The number of pyridine rings is 2. The van der Waals surface area contributed by atoms with E-state index in [4.69, 9.17) is 1.37 Å². The second-order valence-electron chi connectivity index (χ2n) is 4.05. The first kappa shape index (κ1) is 10.5. The van der Waals surface area contributed by atoms with Crippen molar-refractivity contribution in [2.24, 2.45) is 4.99 Å². The predicted octanol–water partition coefficient (Wildman–Crippen LogP) is 2.22. The fourth-order valence-corrected chi connectivity index (χ4v) is 1.96. The highest BCUT2D eigenvalue weighted by molar-refractivity contribution is 5.73. The molecular weight excluding hydrogens is 238 g/mol. The first-order valence-corrected chi connectivity index (χ1v) is 5.95. The molecule has 0 aliphatic rings. The van der Waals surface area contributed by atoms with E-state index in [1.807, 2.05) is 42.5 Å². The fourth-order valence-electron chi connectivity index (χ4n) is 1.96. The van der Waals surface area contributed by atoms with Crippen molar-refractivity contribution in [3.05, 3.63) is 66.3 Å². The zero-order valence-corrected chi connectivity index (χ0v) is 10.2. The van der Waals surface area contributed by atoms with Crippen molar-refractivity contribution in [1.29, 1.82) is 0 Å². The van der Waals surface area contributed by atoms with E-state index in [1.165, 1.54) is 6.20 Å². The standard InChI is InChI=1S/C15H13N3O/c19-11-18-14-7-4-10-16-13(14)8-9-15(18)17-12-5-2-1-3-6-12/h1-10,19H,11H2/i4D. The zero-order valence-electron chi connectivity index (χ0n) is 11.2. The van der Waals surface area contributed by atoms with Crippen molar-refractivity contribution >= 4 is 16.7 Å². The zero-order chi connectivity index (χ0) is 13.9. The molecule has 0 atom stereocenters. The van der Waals surface area contributed by atoms with Crippen LogP contribution in [0.25, 0.3) is 11.0 Å². The van der Waals surface area contributed by atoms with E-state index in [9.17, 15) is 5.11 Å². The van der Waals surface area contributed by atoms with Gasteiger partial charge in [-0.25, -0.2) is 4.99 Å². The maximum atomic E-state index is 9.60. The minimum absolute atomic E-state index is 0.214. The quantitative estimate of drug-likeness (QED) is 0.760. The minimum atomic E-state index is -0.214. The summed E-state index contributed by atoms with van der Waals surface area (Å²) in [6, 6.07) is 15.1. The topological polar surface area (TPSA) is 50.4 Å². The van der Waals surface area contributed by atoms with Gasteiger partial charge in [0.05, 0.1) is 18.1 Å². The molecule has 0 bridgehead atoms. The first-order chi connectivity index (χ1) is 9.78. The van der Waals surface area contributed by atoms with Crippen molar-refractivity contribution in [1.82, 2.24) is 9.55 Å². The summed E-state index contributed by atoms with van der Waals surface area (Å²) < 4.78 is 9.28. The number of hydrogen-bond acceptors (Lipinski definition) is 3. The largest absolute Gasteiger partial charge is 0.376 e. The Morgan fingerprint density at radius 2 is 2.00 bits per heavy atom. The molecule has 4 nitrogen and oxygen atoms in total. The van der Waals surface area contributed by atoms with Crippen LogP contribution in [0.1, 0.15) is 1.37 Å². The van der Waals surface area contributed by atoms with Crippen LogP contribution in [0.15, 0.2) is 65.8 Å². The fraction of sp³-hybridized carbons (Fsp3) is 0.0667. The third-order valence-corrected chi connectivity index (χ3v) is 2.86. The Balaban J connectivity index is 2.29. The van der Waals surface area contributed by atoms with E-state index < -0.39 is 0 Å². The Labute approximate surface area is 111 Å². The summed E-state index contributed by atoms with van der Waals surface area (Å²) in [7, 11) is 0. The highest BCUT2D eigenvalue weighted by atomic mass is 16.3. The van der Waals surface area contributed by atoms with Gasteiger partial charge in [-0.15, -0.1) is 0 Å². The average Bonchev–Trinajstić information content (AvgIpc) is 2.48. The van der Waals surface area contributed by atoms with E-state index in [-0.39, 0.29) is 6.73 Å². The van der Waals surface area contributed by atoms with Gasteiger partial charge in [0.25, 0.3) is 0 Å². The molecule has 0 amide bonds. The molecule has 0 aliphatic carbocycles. The lowest BCUT2D eigenvalue weighted by atomic mass is 10.3. The molecule has 0 fully saturated rings. The summed E-state index contributed by atoms with van der Waals surface area (Å²) in [5.41, 5.74) is 2.85. The molecule has 3 aromatic rings. The van der Waals surface area contributed by atoms with Crippen molar-refractivity contribution in [2.75, 3.05) is 0 Å². The number of nitrogens with zero attached hydrogens (tertiary/aromatic N) is 3. The van der Waals surface area contributed by atoms with Crippen molar-refractivity contribution < 1.29 is 6.48 Å². The van der Waals surface area contributed by atoms with Gasteiger partial charge in [-0.2, -0.15) is 0 Å². The smallest absolute Gasteiger partial charge is 0.135 e. The molecular formula is C15H13N3O. The molecule has 3 rings (SSSR count). The SMILES string of the molecule is [2H]c1cnc2ccc(=Nc3ccccc3)n(CO)c2c1. The number of para-hydroxylation sites is 1. The molecule has 4 heteroatoms. The van der Waals surface area contributed by atoms with Crippen LogP contribution in [-0.2, 0) is 6.73 Å². The van der Waals surface area contributed by atoms with Gasteiger partial charge in [-0.05, 0) is 36.4 Å². The lowest BCUT2D eigenvalue weighted by molar-refractivity contribution is 0.210. The van der Waals surface area contributed by atoms with Gasteiger partial charge < -0.3 is 9.67 Å². The molecule has 0 radical (unpaired) electrons. The van der Waals surface area contributed by atoms with Crippen LogP contribution >= 0.6 is 0 Å². The summed E-state index contributed by atoms with van der Waals surface area (Å²) in [6.07, 6.45) is 1.48. The molecule has 0 unspecified atom stereocenters. The third kappa shape index (κ3) is 2.26. The lowest BCUT2D eigenvalue weighted by Crippen LogP contribution is -2.20. The Hall–Kier alpha value is -2.46. The average molecular weight is 252 g/mol. The molecule has 19 heavy (non-hydrogen) atoms. The molecule has 0 saturated carbocycles. The number of benzene rings is 1. The van der Waals surface area contributed by atoms with E-state index in [1.54, 1.807) is 10.6 Å². The van der Waals surface area contributed by atoms with E-state index >= 15 is 0 Å². The van der Waals surface area contributed by atoms with Crippen molar-refractivity contribution in [3.8, 4) is 0 Å². The van der Waals surface area contributed by atoms with Gasteiger partial charge in [-0.3, -0.25) is 4.98 Å². The van der Waals surface area contributed by atoms with Gasteiger partial charge in [-0.1, -0.05) is 18.2 Å². The molecule has 1 N–H and O–H groups in total. The van der Waals surface area contributed by atoms with Crippen LogP contribution in [0.5, 0.6) is 0 Å². The second kappa shape index (κ2) is 5.04. The molecule has 0 spiro atoms. The molecule has 1 aromatic carbocycles. The van der Waals surface area contributed by atoms with E-state index in [0.29, 0.717) is 17.0 Å². The molecule has 94 valence electrons. The number of aliphatic hydroxyl groups is 1.